The van der Waals surface area contributed by atoms with E-state index in [9.17, 15) is 56.2 Å². The molecule has 19 nitrogen and oxygen atoms in total. The molecule has 4 aliphatic carbocycles. The summed E-state index contributed by atoms with van der Waals surface area (Å²) in [5, 5.41) is 118. The summed E-state index contributed by atoms with van der Waals surface area (Å²) in [6.45, 7) is 7.85. The first-order valence-corrected chi connectivity index (χ1v) is 23.9. The van der Waals surface area contributed by atoms with Crippen LogP contribution in [0.4, 0.5) is 0 Å². The summed E-state index contributed by atoms with van der Waals surface area (Å²) in [5.74, 6) is 2.57. The maximum Gasteiger partial charge on any atom is 0.187 e. The lowest BCUT2D eigenvalue weighted by Crippen LogP contribution is -2.67. The van der Waals surface area contributed by atoms with Crippen LogP contribution in [0.2, 0.25) is 0 Å². The molecule has 9 aliphatic rings. The highest BCUT2D eigenvalue weighted by Crippen LogP contribution is 2.71. The average Bonchev–Trinajstić information content (AvgIpc) is 3.72. The van der Waals surface area contributed by atoms with E-state index in [2.05, 4.69) is 27.7 Å². The van der Waals surface area contributed by atoms with Crippen molar-refractivity contribution in [1.82, 2.24) is 0 Å². The Labute approximate surface area is 373 Å². The van der Waals surface area contributed by atoms with Crippen molar-refractivity contribution >= 4 is 0 Å². The molecule has 0 aromatic heterocycles. The second-order valence-corrected chi connectivity index (χ2v) is 21.7. The van der Waals surface area contributed by atoms with Gasteiger partial charge >= 0.3 is 0 Å². The van der Waals surface area contributed by atoms with Gasteiger partial charge in [0.1, 0.15) is 73.2 Å². The molecule has 0 aromatic carbocycles. The second-order valence-electron chi connectivity index (χ2n) is 21.7. The predicted molar refractivity (Wildman–Crippen MR) is 217 cm³/mol. The van der Waals surface area contributed by atoms with Crippen LogP contribution in [-0.4, -0.2) is 199 Å². The Balaban J connectivity index is 0.848. The number of hydrogen-bond donors (Lipinski definition) is 11. The second kappa shape index (κ2) is 18.2. The molecular weight excluding hydrogens is 844 g/mol. The summed E-state index contributed by atoms with van der Waals surface area (Å²) in [6, 6.07) is 0. The molecule has 1 spiro atoms. The van der Waals surface area contributed by atoms with Crippen LogP contribution in [0.3, 0.4) is 0 Å². The molecule has 5 heterocycles. The number of aliphatic hydroxyl groups is 11. The predicted octanol–water partition coefficient (Wildman–Crippen LogP) is -1.76. The number of fused-ring (bicyclic) bond motifs is 7. The zero-order valence-corrected chi connectivity index (χ0v) is 37.3. The third-order valence-corrected chi connectivity index (χ3v) is 18.3. The highest BCUT2D eigenvalue weighted by atomic mass is 16.8. The van der Waals surface area contributed by atoms with Crippen LogP contribution in [0.15, 0.2) is 0 Å². The molecule has 5 aliphatic heterocycles. The molecule has 11 N–H and O–H groups in total. The van der Waals surface area contributed by atoms with Crippen LogP contribution in [0, 0.1) is 52.3 Å². The SMILES string of the molecule is CC1CC[C@@]2(OC1)O[C@H]1C[C@H]3[C@@H]4CC[C@H]5C[C@@H](O[C@@H]6O[C@H](CO)[C@H](O[C@@H]7O[C@H](CO)[C@@H](O)[C@H](O)[C@H]7O[C@@H]7O[C@H](CO)[C@H](O)[C@H](O)[C@H]7O)[C@H](O)[C@H]6O)C(O)C[C@]5(C)[C@H]4CC[C@]3(C)[C@H]1[C@@H]2C. The molecule has 9 fully saturated rings. The zero-order chi connectivity index (χ0) is 45.8. The standard InChI is InChI=1S/C45H74O19/c1-18-7-10-45(57-17-18)19(2)30-26(64-45)12-23-21-6-5-20-11-25(24(49)13-44(20,4)22(21)8-9-43(23,30)3)58-40-37(56)35(54)38(29(16-48)61-40)62-42-39(34(53)32(51)28(15-47)60-42)63-41-36(55)33(52)31(50)27(14-46)59-41/h18-42,46-56H,5-17H2,1-4H3/t18?,19-,20-,21+,22-,23-,24?,25+,26-,27+,28+,29+,30-,31-,32+,33-,34-,35+,36+,37+,38-,39+,40+,41-,42-,43-,44-,45+/m0/s1. The van der Waals surface area contributed by atoms with E-state index in [1.165, 1.54) is 0 Å². The van der Waals surface area contributed by atoms with Crippen molar-refractivity contribution in [2.45, 2.75) is 202 Å². The molecular formula is C45H74O19. The molecule has 19 heteroatoms. The van der Waals surface area contributed by atoms with Gasteiger partial charge in [-0.3, -0.25) is 0 Å². The lowest BCUT2D eigenvalue weighted by atomic mass is 9.44. The van der Waals surface area contributed by atoms with Gasteiger partial charge < -0.3 is 94.1 Å². The van der Waals surface area contributed by atoms with Gasteiger partial charge in [-0.1, -0.05) is 27.7 Å². The summed E-state index contributed by atoms with van der Waals surface area (Å²) < 4.78 is 48.7. The normalized spacial score (nSPS) is 58.6. The Morgan fingerprint density at radius 2 is 1.19 bits per heavy atom. The summed E-state index contributed by atoms with van der Waals surface area (Å²) >= 11 is 0. The van der Waals surface area contributed by atoms with Crippen molar-refractivity contribution in [3.8, 4) is 0 Å². The van der Waals surface area contributed by atoms with E-state index in [0.717, 1.165) is 51.6 Å². The highest BCUT2D eigenvalue weighted by molar-refractivity contribution is 5.16. The van der Waals surface area contributed by atoms with Gasteiger partial charge in [0.25, 0.3) is 0 Å². The first kappa shape index (κ1) is 48.3. The Bertz CT molecular complexity index is 1600. The minimum Gasteiger partial charge on any atom is -0.394 e. The maximum atomic E-state index is 11.8. The topological polar surface area (TPSA) is 296 Å². The molecule has 0 amide bonds. The molecule has 0 radical (unpaired) electrons. The fourth-order valence-electron chi connectivity index (χ4n) is 14.7. The van der Waals surface area contributed by atoms with Gasteiger partial charge in [0.15, 0.2) is 24.7 Å². The van der Waals surface area contributed by atoms with Gasteiger partial charge in [-0.25, -0.2) is 0 Å². The maximum absolute atomic E-state index is 11.8. The van der Waals surface area contributed by atoms with Crippen molar-refractivity contribution in [2.75, 3.05) is 26.4 Å². The van der Waals surface area contributed by atoms with E-state index in [4.69, 9.17) is 37.9 Å². The highest BCUT2D eigenvalue weighted by Gasteiger charge is 2.69. The van der Waals surface area contributed by atoms with Gasteiger partial charge in [-0.15, -0.1) is 0 Å². The van der Waals surface area contributed by atoms with E-state index in [1.807, 2.05) is 0 Å². The lowest BCUT2D eigenvalue weighted by molar-refractivity contribution is -0.391. The van der Waals surface area contributed by atoms with E-state index in [1.54, 1.807) is 0 Å². The summed E-state index contributed by atoms with van der Waals surface area (Å²) in [7, 11) is 0. The van der Waals surface area contributed by atoms with Crippen LogP contribution in [0.5, 0.6) is 0 Å². The van der Waals surface area contributed by atoms with E-state index >= 15 is 0 Å². The quantitative estimate of drug-likeness (QED) is 0.114. The Morgan fingerprint density at radius 3 is 1.86 bits per heavy atom. The molecule has 9 rings (SSSR count). The molecule has 4 saturated carbocycles. The third-order valence-electron chi connectivity index (χ3n) is 18.3. The largest absolute Gasteiger partial charge is 0.394 e. The van der Waals surface area contributed by atoms with Crippen LogP contribution in [-0.2, 0) is 37.9 Å². The van der Waals surface area contributed by atoms with Gasteiger partial charge in [0.05, 0.1) is 44.7 Å². The van der Waals surface area contributed by atoms with Gasteiger partial charge in [0, 0.05) is 12.3 Å². The summed E-state index contributed by atoms with van der Waals surface area (Å²) in [6.07, 6.45) is -18.5. The van der Waals surface area contributed by atoms with Gasteiger partial charge in [-0.2, -0.15) is 0 Å². The van der Waals surface area contributed by atoms with Crippen LogP contribution in [0.1, 0.15) is 85.5 Å². The van der Waals surface area contributed by atoms with E-state index in [0.29, 0.717) is 48.3 Å². The monoisotopic (exact) mass is 918 g/mol. The number of hydrogen-bond acceptors (Lipinski definition) is 19. The first-order chi connectivity index (χ1) is 30.4. The minimum atomic E-state index is -1.91. The van der Waals surface area contributed by atoms with E-state index < -0.39 is 130 Å². The smallest absolute Gasteiger partial charge is 0.187 e. The average molecular weight is 919 g/mol. The molecule has 0 bridgehead atoms. The molecule has 5 saturated heterocycles. The Kier molecular flexibility index (Phi) is 13.7. The van der Waals surface area contributed by atoms with Crippen LogP contribution < -0.4 is 0 Å². The Hall–Kier alpha value is -0.760. The van der Waals surface area contributed by atoms with E-state index in [-0.39, 0.29) is 22.9 Å². The molecule has 28 atom stereocenters. The van der Waals surface area contributed by atoms with Gasteiger partial charge in [0.2, 0.25) is 0 Å². The number of rotatable bonds is 9. The van der Waals surface area contributed by atoms with Crippen molar-refractivity contribution in [3.05, 3.63) is 0 Å². The van der Waals surface area contributed by atoms with Crippen LogP contribution >= 0.6 is 0 Å². The third kappa shape index (κ3) is 7.85. The van der Waals surface area contributed by atoms with Crippen molar-refractivity contribution in [1.29, 1.82) is 0 Å². The lowest BCUT2D eigenvalue weighted by Gasteiger charge is -2.62. The van der Waals surface area contributed by atoms with Gasteiger partial charge in [-0.05, 0) is 97.7 Å². The molecule has 0 aromatic rings. The van der Waals surface area contributed by atoms with Crippen molar-refractivity contribution in [3.63, 3.8) is 0 Å². The molecule has 368 valence electrons. The minimum absolute atomic E-state index is 0.144. The fraction of sp³-hybridized carbons (Fsp3) is 1.00. The molecule has 2 unspecified atom stereocenters. The Morgan fingerprint density at radius 1 is 0.578 bits per heavy atom. The molecule has 64 heavy (non-hydrogen) atoms. The summed E-state index contributed by atoms with van der Waals surface area (Å²) in [4.78, 5) is 0. The zero-order valence-electron chi connectivity index (χ0n) is 37.3. The summed E-state index contributed by atoms with van der Waals surface area (Å²) in [5.41, 5.74) is 0.0147. The first-order valence-electron chi connectivity index (χ1n) is 23.9. The van der Waals surface area contributed by atoms with Crippen LogP contribution in [0.25, 0.3) is 0 Å². The number of ether oxygens (including phenoxy) is 8. The number of aliphatic hydroxyl groups excluding tert-OH is 11. The van der Waals surface area contributed by atoms with Crippen molar-refractivity contribution < 1.29 is 94.1 Å². The van der Waals surface area contributed by atoms with Crippen molar-refractivity contribution in [2.24, 2.45) is 52.3 Å². The fourth-order valence-corrected chi connectivity index (χ4v) is 14.7.